The summed E-state index contributed by atoms with van der Waals surface area (Å²) in [4.78, 5) is 0. The normalized spacial score (nSPS) is 40.6. The molecule has 142 valence electrons. The van der Waals surface area contributed by atoms with Crippen LogP contribution >= 0.6 is 0 Å². The molecule has 0 aromatic carbocycles. The van der Waals surface area contributed by atoms with Crippen molar-refractivity contribution < 1.29 is 28.8 Å². The molecule has 2 rings (SSSR count). The zero-order valence-corrected chi connectivity index (χ0v) is 16.0. The Kier molecular flexibility index (Phi) is 6.32. The highest BCUT2D eigenvalue weighted by Gasteiger charge is 2.44. The molecule has 2 saturated heterocycles. The van der Waals surface area contributed by atoms with Crippen LogP contribution in [-0.2, 0) is 23.7 Å². The summed E-state index contributed by atoms with van der Waals surface area (Å²) in [5, 5.41) is 10.4. The standard InChI is InChI=1S/C18H34O6/c1-7-16(4,19)23-14(15-12-21-18(6,9-3)24-15)10-13-11-20-17(5,8-2)22-13/h13-15,19H,7-12H2,1-6H3. The van der Waals surface area contributed by atoms with E-state index in [1.54, 1.807) is 6.92 Å². The third-order valence-corrected chi connectivity index (χ3v) is 5.20. The molecule has 0 amide bonds. The number of ether oxygens (including phenoxy) is 5. The molecule has 0 radical (unpaired) electrons. The second kappa shape index (κ2) is 7.56. The van der Waals surface area contributed by atoms with Crippen LogP contribution in [0.1, 0.15) is 67.2 Å². The molecule has 0 saturated carbocycles. The lowest BCUT2D eigenvalue weighted by Gasteiger charge is -2.33. The highest BCUT2D eigenvalue weighted by molar-refractivity contribution is 4.86. The van der Waals surface area contributed by atoms with Crippen LogP contribution in [0.15, 0.2) is 0 Å². The molecule has 24 heavy (non-hydrogen) atoms. The third kappa shape index (κ3) is 4.90. The van der Waals surface area contributed by atoms with Crippen molar-refractivity contribution in [2.24, 2.45) is 0 Å². The monoisotopic (exact) mass is 346 g/mol. The molecule has 6 atom stereocenters. The van der Waals surface area contributed by atoms with E-state index in [0.29, 0.717) is 26.1 Å². The van der Waals surface area contributed by atoms with E-state index in [9.17, 15) is 5.11 Å². The Morgan fingerprint density at radius 3 is 2.17 bits per heavy atom. The van der Waals surface area contributed by atoms with Gasteiger partial charge >= 0.3 is 0 Å². The van der Waals surface area contributed by atoms with E-state index in [2.05, 4.69) is 0 Å². The van der Waals surface area contributed by atoms with Crippen molar-refractivity contribution in [1.29, 1.82) is 0 Å². The maximum absolute atomic E-state index is 10.4. The van der Waals surface area contributed by atoms with Crippen LogP contribution in [0.4, 0.5) is 0 Å². The number of hydrogen-bond donors (Lipinski definition) is 1. The van der Waals surface area contributed by atoms with Crippen molar-refractivity contribution in [1.82, 2.24) is 0 Å². The molecule has 0 aromatic rings. The lowest BCUT2D eigenvalue weighted by atomic mass is 10.1. The molecule has 2 fully saturated rings. The van der Waals surface area contributed by atoms with Gasteiger partial charge < -0.3 is 28.8 Å². The molecule has 0 spiro atoms. The first-order valence-electron chi connectivity index (χ1n) is 9.18. The van der Waals surface area contributed by atoms with Gasteiger partial charge in [0.2, 0.25) is 0 Å². The number of hydrogen-bond acceptors (Lipinski definition) is 6. The summed E-state index contributed by atoms with van der Waals surface area (Å²) >= 11 is 0. The SMILES string of the molecule is CCC(C)(O)OC(CC1COC(C)(CC)O1)C1COC(C)(CC)O1. The molecule has 6 unspecified atom stereocenters. The Morgan fingerprint density at radius 2 is 1.67 bits per heavy atom. The first-order chi connectivity index (χ1) is 11.1. The maximum Gasteiger partial charge on any atom is 0.166 e. The first kappa shape index (κ1) is 20.1. The minimum absolute atomic E-state index is 0.0790. The molecule has 2 aliphatic rings. The van der Waals surface area contributed by atoms with E-state index in [-0.39, 0.29) is 18.3 Å². The average molecular weight is 346 g/mol. The van der Waals surface area contributed by atoms with Crippen LogP contribution in [0.25, 0.3) is 0 Å². The minimum atomic E-state index is -1.20. The van der Waals surface area contributed by atoms with E-state index in [0.717, 1.165) is 12.8 Å². The Bertz CT molecular complexity index is 414. The number of rotatable bonds is 8. The lowest BCUT2D eigenvalue weighted by molar-refractivity contribution is -0.253. The predicted molar refractivity (Wildman–Crippen MR) is 89.4 cm³/mol. The third-order valence-electron chi connectivity index (χ3n) is 5.20. The molecule has 6 nitrogen and oxygen atoms in total. The molecular weight excluding hydrogens is 312 g/mol. The van der Waals surface area contributed by atoms with Crippen LogP contribution in [0, 0.1) is 0 Å². The Morgan fingerprint density at radius 1 is 1.08 bits per heavy atom. The van der Waals surface area contributed by atoms with E-state index >= 15 is 0 Å². The van der Waals surface area contributed by atoms with Gasteiger partial charge in [0, 0.05) is 6.42 Å². The quantitative estimate of drug-likeness (QED) is 0.682. The fourth-order valence-corrected chi connectivity index (χ4v) is 2.95. The summed E-state index contributed by atoms with van der Waals surface area (Å²) in [7, 11) is 0. The highest BCUT2D eigenvalue weighted by Crippen LogP contribution is 2.34. The summed E-state index contributed by atoms with van der Waals surface area (Å²) in [6.45, 7) is 12.5. The van der Waals surface area contributed by atoms with E-state index < -0.39 is 17.4 Å². The second-order valence-corrected chi connectivity index (χ2v) is 7.41. The zero-order valence-electron chi connectivity index (χ0n) is 16.0. The van der Waals surface area contributed by atoms with Gasteiger partial charge in [0.1, 0.15) is 6.10 Å². The van der Waals surface area contributed by atoms with Gasteiger partial charge in [0.25, 0.3) is 0 Å². The summed E-state index contributed by atoms with van der Waals surface area (Å²) in [5.41, 5.74) is 0. The fourth-order valence-electron chi connectivity index (χ4n) is 2.95. The maximum atomic E-state index is 10.4. The van der Waals surface area contributed by atoms with Crippen LogP contribution < -0.4 is 0 Å². The summed E-state index contributed by atoms with van der Waals surface area (Å²) in [5.74, 6) is -2.32. The largest absolute Gasteiger partial charge is 0.366 e. The highest BCUT2D eigenvalue weighted by atomic mass is 16.8. The van der Waals surface area contributed by atoms with Crippen molar-refractivity contribution in [2.75, 3.05) is 13.2 Å². The molecule has 2 heterocycles. The predicted octanol–water partition coefficient (Wildman–Crippen LogP) is 2.96. The van der Waals surface area contributed by atoms with Gasteiger partial charge in [-0.15, -0.1) is 0 Å². The summed E-state index contributed by atoms with van der Waals surface area (Å²) < 4.78 is 29.7. The molecule has 0 aromatic heterocycles. The summed E-state index contributed by atoms with van der Waals surface area (Å²) in [6.07, 6.45) is 2.02. The molecule has 0 aliphatic carbocycles. The van der Waals surface area contributed by atoms with Gasteiger partial charge in [-0.05, 0) is 40.0 Å². The Balaban J connectivity index is 2.04. The molecule has 1 N–H and O–H groups in total. The van der Waals surface area contributed by atoms with Crippen molar-refractivity contribution in [3.8, 4) is 0 Å². The van der Waals surface area contributed by atoms with E-state index in [4.69, 9.17) is 23.7 Å². The molecule has 2 aliphatic heterocycles. The molecule has 6 heteroatoms. The molecule has 0 bridgehead atoms. The van der Waals surface area contributed by atoms with Gasteiger partial charge in [-0.1, -0.05) is 20.8 Å². The second-order valence-electron chi connectivity index (χ2n) is 7.41. The fraction of sp³-hybridized carbons (Fsp3) is 1.00. The van der Waals surface area contributed by atoms with Crippen molar-refractivity contribution >= 4 is 0 Å². The van der Waals surface area contributed by atoms with Gasteiger partial charge in [-0.3, -0.25) is 0 Å². The van der Waals surface area contributed by atoms with Gasteiger partial charge in [0.15, 0.2) is 17.4 Å². The average Bonchev–Trinajstić information content (AvgIpc) is 3.11. The van der Waals surface area contributed by atoms with Crippen LogP contribution in [0.2, 0.25) is 0 Å². The minimum Gasteiger partial charge on any atom is -0.366 e. The topological polar surface area (TPSA) is 66.4 Å². The van der Waals surface area contributed by atoms with Gasteiger partial charge in [0.05, 0.1) is 25.4 Å². The zero-order chi connectivity index (χ0) is 18.0. The van der Waals surface area contributed by atoms with Crippen molar-refractivity contribution in [2.45, 2.75) is 103 Å². The van der Waals surface area contributed by atoms with Gasteiger partial charge in [-0.2, -0.15) is 0 Å². The lowest BCUT2D eigenvalue weighted by Crippen LogP contribution is -2.43. The van der Waals surface area contributed by atoms with Crippen LogP contribution in [-0.4, -0.2) is 54.0 Å². The molecular formula is C18H34O6. The van der Waals surface area contributed by atoms with Crippen LogP contribution in [0.5, 0.6) is 0 Å². The van der Waals surface area contributed by atoms with Crippen molar-refractivity contribution in [3.63, 3.8) is 0 Å². The number of aliphatic hydroxyl groups is 1. The van der Waals surface area contributed by atoms with E-state index in [1.165, 1.54) is 0 Å². The van der Waals surface area contributed by atoms with Crippen molar-refractivity contribution in [3.05, 3.63) is 0 Å². The van der Waals surface area contributed by atoms with Gasteiger partial charge in [-0.25, -0.2) is 0 Å². The van der Waals surface area contributed by atoms with Crippen LogP contribution in [0.3, 0.4) is 0 Å². The Labute approximate surface area is 145 Å². The summed E-state index contributed by atoms with van der Waals surface area (Å²) in [6, 6.07) is 0. The first-order valence-corrected chi connectivity index (χ1v) is 9.18. The Hall–Kier alpha value is -0.240. The van der Waals surface area contributed by atoms with E-state index in [1.807, 2.05) is 34.6 Å². The smallest absolute Gasteiger partial charge is 0.166 e.